The van der Waals surface area contributed by atoms with Crippen molar-refractivity contribution in [1.29, 1.82) is 0 Å². The Morgan fingerprint density at radius 2 is 1.85 bits per heavy atom. The predicted octanol–water partition coefficient (Wildman–Crippen LogP) is 4.91. The van der Waals surface area contributed by atoms with Gasteiger partial charge in [-0.25, -0.2) is 0 Å². The molecule has 0 fully saturated rings. The van der Waals surface area contributed by atoms with Gasteiger partial charge in [0.15, 0.2) is 0 Å². The zero-order valence-electron chi connectivity index (χ0n) is 11.9. The quantitative estimate of drug-likeness (QED) is 0.766. The number of benzene rings is 1. The Bertz CT molecular complexity index is 589. The third-order valence-corrected chi connectivity index (χ3v) is 4.81. The predicted molar refractivity (Wildman–Crippen MR) is 88.3 cm³/mol. The summed E-state index contributed by atoms with van der Waals surface area (Å²) in [6.45, 7) is 4.99. The van der Waals surface area contributed by atoms with Crippen LogP contribution < -0.4 is 0 Å². The molecule has 0 unspecified atom stereocenters. The highest BCUT2D eigenvalue weighted by atomic mass is 79.9. The summed E-state index contributed by atoms with van der Waals surface area (Å²) < 4.78 is 0.982. The molecule has 0 aliphatic carbocycles. The third kappa shape index (κ3) is 3.70. The average molecular weight is 352 g/mol. The summed E-state index contributed by atoms with van der Waals surface area (Å²) in [5.74, 6) is 0.598. The molecule has 0 saturated carbocycles. The molecular weight excluding hydrogens is 334 g/mol. The zero-order valence-corrected chi connectivity index (χ0v) is 14.3. The molecule has 1 aromatic carbocycles. The maximum absolute atomic E-state index is 12.3. The minimum absolute atomic E-state index is 0.0636. The van der Waals surface area contributed by atoms with E-state index in [1.54, 1.807) is 4.90 Å². The first kappa shape index (κ1) is 15.3. The molecule has 1 aromatic heterocycles. The van der Waals surface area contributed by atoms with E-state index in [2.05, 4.69) is 54.0 Å². The molecule has 2 aromatic rings. The summed E-state index contributed by atoms with van der Waals surface area (Å²) in [5.41, 5.74) is 2.48. The second-order valence-electron chi connectivity index (χ2n) is 5.16. The van der Waals surface area contributed by atoms with Crippen molar-refractivity contribution in [1.82, 2.24) is 4.90 Å². The van der Waals surface area contributed by atoms with E-state index in [0.717, 1.165) is 14.2 Å². The fourth-order valence-corrected chi connectivity index (χ4v) is 3.35. The van der Waals surface area contributed by atoms with Crippen molar-refractivity contribution in [3.05, 3.63) is 56.2 Å². The van der Waals surface area contributed by atoms with Crippen LogP contribution in [0, 0.1) is 0 Å². The van der Waals surface area contributed by atoms with Crippen LogP contribution in [-0.4, -0.2) is 17.9 Å². The maximum Gasteiger partial charge on any atom is 0.264 e. The smallest absolute Gasteiger partial charge is 0.264 e. The molecule has 0 atom stereocenters. The molecule has 0 radical (unpaired) electrons. The molecule has 0 spiro atoms. The zero-order chi connectivity index (χ0) is 14.7. The standard InChI is InChI=1S/C16H18BrNOS/c1-11(2)13-6-4-12(5-7-13)10-18(3)16(19)14-8-9-15(17)20-14/h4-9,11H,10H2,1-3H3. The maximum atomic E-state index is 12.3. The monoisotopic (exact) mass is 351 g/mol. The molecule has 0 aliphatic heterocycles. The third-order valence-electron chi connectivity index (χ3n) is 3.20. The number of carbonyl (C=O) groups excluding carboxylic acids is 1. The summed E-state index contributed by atoms with van der Waals surface area (Å²) in [4.78, 5) is 14.8. The van der Waals surface area contributed by atoms with Gasteiger partial charge in [-0.2, -0.15) is 0 Å². The van der Waals surface area contributed by atoms with Gasteiger partial charge in [-0.15, -0.1) is 11.3 Å². The van der Waals surface area contributed by atoms with Gasteiger partial charge < -0.3 is 4.90 Å². The summed E-state index contributed by atoms with van der Waals surface area (Å²) in [6.07, 6.45) is 0. The van der Waals surface area contributed by atoms with Crippen molar-refractivity contribution in [2.75, 3.05) is 7.05 Å². The topological polar surface area (TPSA) is 20.3 Å². The molecule has 20 heavy (non-hydrogen) atoms. The average Bonchev–Trinajstić information content (AvgIpc) is 2.85. The molecule has 1 heterocycles. The molecular formula is C16H18BrNOS. The van der Waals surface area contributed by atoms with E-state index in [4.69, 9.17) is 0 Å². The van der Waals surface area contributed by atoms with Crippen molar-refractivity contribution in [2.24, 2.45) is 0 Å². The van der Waals surface area contributed by atoms with Crippen LogP contribution in [-0.2, 0) is 6.54 Å². The van der Waals surface area contributed by atoms with Gasteiger partial charge in [-0.1, -0.05) is 38.1 Å². The van der Waals surface area contributed by atoms with Gasteiger partial charge in [0, 0.05) is 13.6 Å². The number of nitrogens with zero attached hydrogens (tertiary/aromatic N) is 1. The molecule has 0 bridgehead atoms. The summed E-state index contributed by atoms with van der Waals surface area (Å²) in [6, 6.07) is 12.2. The van der Waals surface area contributed by atoms with E-state index in [-0.39, 0.29) is 5.91 Å². The van der Waals surface area contributed by atoms with Gasteiger partial charge in [0.1, 0.15) is 0 Å². The van der Waals surface area contributed by atoms with Crippen LogP contribution in [0.15, 0.2) is 40.2 Å². The van der Waals surface area contributed by atoms with Gasteiger partial charge in [0.25, 0.3) is 5.91 Å². The van der Waals surface area contributed by atoms with Crippen molar-refractivity contribution in [3.8, 4) is 0 Å². The first-order valence-corrected chi connectivity index (χ1v) is 8.18. The normalized spacial score (nSPS) is 10.8. The molecule has 1 amide bonds. The van der Waals surface area contributed by atoms with Crippen molar-refractivity contribution >= 4 is 33.2 Å². The molecule has 2 nitrogen and oxygen atoms in total. The second-order valence-corrected chi connectivity index (χ2v) is 7.62. The van der Waals surface area contributed by atoms with Crippen molar-refractivity contribution in [3.63, 3.8) is 0 Å². The van der Waals surface area contributed by atoms with Crippen LogP contribution in [0.5, 0.6) is 0 Å². The lowest BCUT2D eigenvalue weighted by Crippen LogP contribution is -2.25. The van der Waals surface area contributed by atoms with Crippen LogP contribution in [0.4, 0.5) is 0 Å². The van der Waals surface area contributed by atoms with E-state index in [1.807, 2.05) is 19.2 Å². The lowest BCUT2D eigenvalue weighted by Gasteiger charge is -2.17. The Morgan fingerprint density at radius 3 is 2.35 bits per heavy atom. The van der Waals surface area contributed by atoms with Crippen LogP contribution in [0.2, 0.25) is 0 Å². The van der Waals surface area contributed by atoms with Gasteiger partial charge >= 0.3 is 0 Å². The lowest BCUT2D eigenvalue weighted by atomic mass is 10.0. The Hall–Kier alpha value is -1.13. The molecule has 106 valence electrons. The number of thiophene rings is 1. The molecule has 0 aliphatic rings. The van der Waals surface area contributed by atoms with E-state index in [9.17, 15) is 4.79 Å². The van der Waals surface area contributed by atoms with Crippen LogP contribution in [0.3, 0.4) is 0 Å². The van der Waals surface area contributed by atoms with Crippen LogP contribution in [0.1, 0.15) is 40.6 Å². The van der Waals surface area contributed by atoms with E-state index in [0.29, 0.717) is 12.5 Å². The molecule has 4 heteroatoms. The van der Waals surface area contributed by atoms with Gasteiger partial charge in [-0.05, 0) is 45.1 Å². The number of hydrogen-bond acceptors (Lipinski definition) is 2. The number of hydrogen-bond donors (Lipinski definition) is 0. The number of carbonyl (C=O) groups is 1. The first-order valence-electron chi connectivity index (χ1n) is 6.57. The SMILES string of the molecule is CC(C)c1ccc(CN(C)C(=O)c2ccc(Br)s2)cc1. The summed E-state index contributed by atoms with van der Waals surface area (Å²) in [7, 11) is 1.84. The number of rotatable bonds is 4. The number of amides is 1. The minimum atomic E-state index is 0.0636. The van der Waals surface area contributed by atoms with Crippen molar-refractivity contribution in [2.45, 2.75) is 26.3 Å². The highest BCUT2D eigenvalue weighted by Gasteiger charge is 2.14. The van der Waals surface area contributed by atoms with Crippen LogP contribution in [0.25, 0.3) is 0 Å². The van der Waals surface area contributed by atoms with E-state index >= 15 is 0 Å². The Balaban J connectivity index is 2.03. The van der Waals surface area contributed by atoms with Gasteiger partial charge in [-0.3, -0.25) is 4.79 Å². The fraction of sp³-hybridized carbons (Fsp3) is 0.312. The second kappa shape index (κ2) is 6.55. The summed E-state index contributed by atoms with van der Waals surface area (Å²) >= 11 is 4.85. The van der Waals surface area contributed by atoms with Crippen molar-refractivity contribution < 1.29 is 4.79 Å². The Labute approximate surface area is 132 Å². The highest BCUT2D eigenvalue weighted by molar-refractivity contribution is 9.11. The van der Waals surface area contributed by atoms with Gasteiger partial charge in [0.2, 0.25) is 0 Å². The van der Waals surface area contributed by atoms with E-state index < -0.39 is 0 Å². The summed E-state index contributed by atoms with van der Waals surface area (Å²) in [5, 5.41) is 0. The molecule has 0 saturated heterocycles. The fourth-order valence-electron chi connectivity index (χ4n) is 1.97. The molecule has 2 rings (SSSR count). The Kier molecular flexibility index (Phi) is 5.00. The number of halogens is 1. The Morgan fingerprint density at radius 1 is 1.20 bits per heavy atom. The largest absolute Gasteiger partial charge is 0.337 e. The first-order chi connectivity index (χ1) is 9.47. The highest BCUT2D eigenvalue weighted by Crippen LogP contribution is 2.23. The van der Waals surface area contributed by atoms with Crippen LogP contribution >= 0.6 is 27.3 Å². The minimum Gasteiger partial charge on any atom is -0.337 e. The lowest BCUT2D eigenvalue weighted by molar-refractivity contribution is 0.0790. The molecule has 0 N–H and O–H groups in total. The van der Waals surface area contributed by atoms with Gasteiger partial charge in [0.05, 0.1) is 8.66 Å². The van der Waals surface area contributed by atoms with E-state index in [1.165, 1.54) is 16.9 Å².